The summed E-state index contributed by atoms with van der Waals surface area (Å²) in [5.74, 6) is 1.75. The topological polar surface area (TPSA) is 71.5 Å². The van der Waals surface area contributed by atoms with Gasteiger partial charge in [0, 0.05) is 50.6 Å². The average Bonchev–Trinajstić information content (AvgIpc) is 3.47. The van der Waals surface area contributed by atoms with Gasteiger partial charge in [0.15, 0.2) is 5.96 Å². The lowest BCUT2D eigenvalue weighted by molar-refractivity contribution is 0.189. The van der Waals surface area contributed by atoms with E-state index in [0.29, 0.717) is 30.8 Å². The number of nitrogens with zero attached hydrogens (tertiary/aromatic N) is 5. The molecule has 0 radical (unpaired) electrons. The summed E-state index contributed by atoms with van der Waals surface area (Å²) >= 11 is 0. The average molecular weight is 425 g/mol. The molecule has 0 saturated carbocycles. The van der Waals surface area contributed by atoms with Gasteiger partial charge in [0.1, 0.15) is 12.1 Å². The van der Waals surface area contributed by atoms with Crippen LogP contribution in [0.4, 0.5) is 4.39 Å². The van der Waals surface area contributed by atoms with Crippen molar-refractivity contribution >= 4 is 5.96 Å². The summed E-state index contributed by atoms with van der Waals surface area (Å²) in [5, 5.41) is 3.43. The number of aromatic nitrogens is 3. The molecule has 2 atom stereocenters. The maximum atomic E-state index is 13.1. The van der Waals surface area contributed by atoms with Crippen LogP contribution in [0, 0.1) is 11.7 Å². The molecule has 1 saturated heterocycles. The van der Waals surface area contributed by atoms with Gasteiger partial charge in [-0.15, -0.1) is 0 Å². The standard InChI is InChI=1S/C23H29FN6O/c1-3-26-23(29-12-9-17(2)21(14-29)30-13-11-25-16-30)27-10-8-20-15-31-22(28-20)18-4-6-19(24)7-5-18/h4-7,11,13,15-17,21H,3,8-10,12,14H2,1-2H3,(H,26,27). The van der Waals surface area contributed by atoms with Crippen molar-refractivity contribution in [3.05, 3.63) is 60.8 Å². The van der Waals surface area contributed by atoms with Gasteiger partial charge in [-0.1, -0.05) is 6.92 Å². The number of rotatable bonds is 6. The number of guanidine groups is 1. The zero-order valence-corrected chi connectivity index (χ0v) is 18.0. The molecule has 0 spiro atoms. The molecule has 2 unspecified atom stereocenters. The summed E-state index contributed by atoms with van der Waals surface area (Å²) < 4.78 is 20.9. The van der Waals surface area contributed by atoms with Crippen LogP contribution in [0.25, 0.3) is 11.5 Å². The van der Waals surface area contributed by atoms with Crippen molar-refractivity contribution in [2.45, 2.75) is 32.7 Å². The van der Waals surface area contributed by atoms with Crippen LogP contribution in [0.15, 0.2) is 58.7 Å². The largest absolute Gasteiger partial charge is 0.444 e. The van der Waals surface area contributed by atoms with E-state index in [-0.39, 0.29) is 5.82 Å². The van der Waals surface area contributed by atoms with Crippen LogP contribution in [0.2, 0.25) is 0 Å². The molecule has 3 heterocycles. The SMILES string of the molecule is CCNC(=NCCc1coc(-c2ccc(F)cc2)n1)N1CCC(C)C(n2ccnc2)C1. The van der Waals surface area contributed by atoms with E-state index in [4.69, 9.17) is 9.41 Å². The lowest BCUT2D eigenvalue weighted by atomic mass is 9.93. The summed E-state index contributed by atoms with van der Waals surface area (Å²) in [6, 6.07) is 6.53. The van der Waals surface area contributed by atoms with Crippen LogP contribution in [0.1, 0.15) is 32.0 Å². The van der Waals surface area contributed by atoms with Crippen molar-refractivity contribution < 1.29 is 8.81 Å². The van der Waals surface area contributed by atoms with Crippen LogP contribution >= 0.6 is 0 Å². The first-order valence-electron chi connectivity index (χ1n) is 10.8. The number of benzene rings is 1. The third kappa shape index (κ3) is 5.13. The van der Waals surface area contributed by atoms with E-state index >= 15 is 0 Å². The number of hydrogen-bond donors (Lipinski definition) is 1. The van der Waals surface area contributed by atoms with E-state index in [0.717, 1.165) is 43.3 Å². The number of halogens is 1. The molecule has 1 N–H and O–H groups in total. The molecule has 0 bridgehead atoms. The molecule has 4 rings (SSSR count). The smallest absolute Gasteiger partial charge is 0.226 e. The summed E-state index contributed by atoms with van der Waals surface area (Å²) in [4.78, 5) is 15.9. The van der Waals surface area contributed by atoms with E-state index in [9.17, 15) is 4.39 Å². The minimum atomic E-state index is -0.275. The lowest BCUT2D eigenvalue weighted by Crippen LogP contribution is -2.49. The second-order valence-corrected chi connectivity index (χ2v) is 7.93. The summed E-state index contributed by atoms with van der Waals surface area (Å²) in [6.45, 7) is 7.70. The molecule has 1 aromatic carbocycles. The molecular weight excluding hydrogens is 395 g/mol. The minimum Gasteiger partial charge on any atom is -0.444 e. The Labute approximate surface area is 182 Å². The van der Waals surface area contributed by atoms with E-state index in [1.165, 1.54) is 12.1 Å². The van der Waals surface area contributed by atoms with Crippen LogP contribution in [-0.2, 0) is 6.42 Å². The van der Waals surface area contributed by atoms with Gasteiger partial charge in [-0.2, -0.15) is 0 Å². The normalized spacial score (nSPS) is 19.6. The Bertz CT molecular complexity index is 982. The molecule has 1 aliphatic heterocycles. The van der Waals surface area contributed by atoms with Crippen molar-refractivity contribution in [2.75, 3.05) is 26.2 Å². The highest BCUT2D eigenvalue weighted by atomic mass is 19.1. The van der Waals surface area contributed by atoms with Gasteiger partial charge in [0.25, 0.3) is 0 Å². The van der Waals surface area contributed by atoms with Crippen molar-refractivity contribution in [3.8, 4) is 11.5 Å². The molecule has 0 aliphatic carbocycles. The fourth-order valence-electron chi connectivity index (χ4n) is 3.94. The van der Waals surface area contributed by atoms with Gasteiger partial charge in [-0.25, -0.2) is 14.4 Å². The highest BCUT2D eigenvalue weighted by Gasteiger charge is 2.28. The molecule has 1 fully saturated rings. The molecule has 3 aromatic rings. The van der Waals surface area contributed by atoms with E-state index in [1.54, 1.807) is 18.4 Å². The number of likely N-dealkylation sites (tertiary alicyclic amines) is 1. The highest BCUT2D eigenvalue weighted by Crippen LogP contribution is 2.27. The van der Waals surface area contributed by atoms with Crippen LogP contribution in [0.3, 0.4) is 0 Å². The van der Waals surface area contributed by atoms with Gasteiger partial charge < -0.3 is 19.2 Å². The Morgan fingerprint density at radius 3 is 2.90 bits per heavy atom. The van der Waals surface area contributed by atoms with E-state index in [1.807, 2.05) is 18.7 Å². The highest BCUT2D eigenvalue weighted by molar-refractivity contribution is 5.80. The van der Waals surface area contributed by atoms with Crippen LogP contribution in [0.5, 0.6) is 0 Å². The second-order valence-electron chi connectivity index (χ2n) is 7.93. The van der Waals surface area contributed by atoms with Gasteiger partial charge in [-0.05, 0) is 43.5 Å². The second kappa shape index (κ2) is 9.76. The molecule has 164 valence electrons. The van der Waals surface area contributed by atoms with E-state index < -0.39 is 0 Å². The fraction of sp³-hybridized carbons (Fsp3) is 0.435. The van der Waals surface area contributed by atoms with Crippen molar-refractivity contribution in [2.24, 2.45) is 10.9 Å². The number of imidazole rings is 1. The third-order valence-electron chi connectivity index (χ3n) is 5.73. The van der Waals surface area contributed by atoms with Crippen LogP contribution in [-0.4, -0.2) is 51.6 Å². The predicted octanol–water partition coefficient (Wildman–Crippen LogP) is 3.77. The first-order valence-corrected chi connectivity index (χ1v) is 10.8. The molecule has 2 aromatic heterocycles. The van der Waals surface area contributed by atoms with Crippen molar-refractivity contribution in [1.82, 2.24) is 24.8 Å². The molecule has 31 heavy (non-hydrogen) atoms. The number of hydrogen-bond acceptors (Lipinski definition) is 4. The maximum absolute atomic E-state index is 13.1. The van der Waals surface area contributed by atoms with Crippen molar-refractivity contribution in [3.63, 3.8) is 0 Å². The Hall–Kier alpha value is -3.16. The van der Waals surface area contributed by atoms with Crippen LogP contribution < -0.4 is 5.32 Å². The zero-order valence-electron chi connectivity index (χ0n) is 18.0. The minimum absolute atomic E-state index is 0.275. The first kappa shape index (κ1) is 21.1. The molecule has 7 nitrogen and oxygen atoms in total. The zero-order chi connectivity index (χ0) is 21.6. The number of piperidine rings is 1. The summed E-state index contributed by atoms with van der Waals surface area (Å²) in [5.41, 5.74) is 1.60. The fourth-order valence-corrected chi connectivity index (χ4v) is 3.94. The third-order valence-corrected chi connectivity index (χ3v) is 5.73. The number of aliphatic imine (C=N–C) groups is 1. The Morgan fingerprint density at radius 2 is 2.16 bits per heavy atom. The molecule has 1 aliphatic rings. The monoisotopic (exact) mass is 424 g/mol. The first-order chi connectivity index (χ1) is 15.1. The molecule has 8 heteroatoms. The predicted molar refractivity (Wildman–Crippen MR) is 118 cm³/mol. The van der Waals surface area contributed by atoms with Gasteiger partial charge in [-0.3, -0.25) is 4.99 Å². The van der Waals surface area contributed by atoms with Gasteiger partial charge in [0.05, 0.1) is 18.1 Å². The Balaban J connectivity index is 1.39. The van der Waals surface area contributed by atoms with Crippen molar-refractivity contribution in [1.29, 1.82) is 0 Å². The summed E-state index contributed by atoms with van der Waals surface area (Å²) in [6.07, 6.45) is 9.21. The number of nitrogens with one attached hydrogen (secondary N) is 1. The maximum Gasteiger partial charge on any atom is 0.226 e. The quantitative estimate of drug-likeness (QED) is 0.482. The van der Waals surface area contributed by atoms with Gasteiger partial charge >= 0.3 is 0 Å². The molecule has 0 amide bonds. The Kier molecular flexibility index (Phi) is 6.64. The lowest BCUT2D eigenvalue weighted by Gasteiger charge is -2.39. The Morgan fingerprint density at radius 1 is 1.32 bits per heavy atom. The molecular formula is C23H29FN6O. The summed E-state index contributed by atoms with van der Waals surface area (Å²) in [7, 11) is 0. The van der Waals surface area contributed by atoms with E-state index in [2.05, 4.69) is 38.6 Å². The number of oxazole rings is 1. The van der Waals surface area contributed by atoms with Gasteiger partial charge in [0.2, 0.25) is 5.89 Å².